The number of hydrogen-bond acceptors (Lipinski definition) is 6. The van der Waals surface area contributed by atoms with Crippen molar-refractivity contribution in [3.8, 4) is 0 Å². The van der Waals surface area contributed by atoms with Gasteiger partial charge in [-0.2, -0.15) is 0 Å². The van der Waals surface area contributed by atoms with E-state index in [9.17, 15) is 19.4 Å². The maximum absolute atomic E-state index is 13.1. The summed E-state index contributed by atoms with van der Waals surface area (Å²) in [5.74, 6) is -0.184. The van der Waals surface area contributed by atoms with E-state index in [1.807, 2.05) is 21.1 Å². The predicted octanol–water partition coefficient (Wildman–Crippen LogP) is 21.6. The topological polar surface area (TPSA) is 108 Å². The zero-order valence-electron chi connectivity index (χ0n) is 54.9. The number of phosphoric acid groups is 1. The van der Waals surface area contributed by atoms with Gasteiger partial charge in [-0.05, 0) is 83.5 Å². The fourth-order valence-electron chi connectivity index (χ4n) is 9.92. The molecule has 9 heteroatoms. The van der Waals surface area contributed by atoms with E-state index in [4.69, 9.17) is 9.05 Å². The summed E-state index contributed by atoms with van der Waals surface area (Å²) in [4.78, 5) is 25.7. The third-order valence-electron chi connectivity index (χ3n) is 15.3. The lowest BCUT2D eigenvalue weighted by Gasteiger charge is -2.30. The molecule has 0 aliphatic heterocycles. The second kappa shape index (κ2) is 63.7. The molecule has 0 heterocycles. The van der Waals surface area contributed by atoms with Crippen molar-refractivity contribution in [2.75, 3.05) is 40.9 Å². The Morgan fingerprint density at radius 1 is 0.434 bits per heavy atom. The zero-order chi connectivity index (χ0) is 60.5. The minimum Gasteiger partial charge on any atom is -0.756 e. The van der Waals surface area contributed by atoms with Crippen LogP contribution in [0.5, 0.6) is 0 Å². The van der Waals surface area contributed by atoms with Crippen molar-refractivity contribution >= 4 is 13.7 Å². The average Bonchev–Trinajstić information content (AvgIpc) is 3.49. The first kappa shape index (κ1) is 80.2. The van der Waals surface area contributed by atoms with Crippen LogP contribution >= 0.6 is 7.82 Å². The number of hydrogen-bond donors (Lipinski definition) is 2. The number of unbranched alkanes of at least 4 members (excludes halogenated alkanes) is 32. The lowest BCUT2D eigenvalue weighted by atomic mass is 10.0. The van der Waals surface area contributed by atoms with E-state index in [1.165, 1.54) is 161 Å². The lowest BCUT2D eigenvalue weighted by molar-refractivity contribution is -0.870. The summed E-state index contributed by atoms with van der Waals surface area (Å²) in [6.45, 7) is 4.62. The van der Waals surface area contributed by atoms with Crippen molar-refractivity contribution < 1.29 is 32.9 Å². The summed E-state index contributed by atoms with van der Waals surface area (Å²) in [5.41, 5.74) is 0. The van der Waals surface area contributed by atoms with Gasteiger partial charge in [-0.1, -0.05) is 322 Å². The highest BCUT2D eigenvalue weighted by atomic mass is 31.2. The van der Waals surface area contributed by atoms with Gasteiger partial charge in [0.15, 0.2) is 0 Å². The van der Waals surface area contributed by atoms with Gasteiger partial charge in [0.2, 0.25) is 5.91 Å². The Balaban J connectivity index is 4.15. The summed E-state index contributed by atoms with van der Waals surface area (Å²) in [7, 11) is 1.28. The molecule has 0 aromatic rings. The van der Waals surface area contributed by atoms with Crippen LogP contribution < -0.4 is 10.2 Å². The van der Waals surface area contributed by atoms with E-state index in [0.717, 1.165) is 116 Å². The van der Waals surface area contributed by atoms with Gasteiger partial charge in [-0.25, -0.2) is 0 Å². The van der Waals surface area contributed by atoms with Crippen LogP contribution in [0.25, 0.3) is 0 Å². The molecule has 0 bridgehead atoms. The third-order valence-corrected chi connectivity index (χ3v) is 16.2. The molecule has 0 spiro atoms. The molecule has 3 unspecified atom stereocenters. The molecule has 0 radical (unpaired) electrons. The second-order valence-corrected chi connectivity index (χ2v) is 25.9. The molecule has 0 aliphatic carbocycles. The maximum Gasteiger partial charge on any atom is 0.268 e. The number of aliphatic hydroxyl groups excluding tert-OH is 1. The molecule has 0 saturated heterocycles. The Kier molecular flexibility index (Phi) is 61.5. The van der Waals surface area contributed by atoms with Gasteiger partial charge < -0.3 is 28.8 Å². The molecule has 3 atom stereocenters. The number of carbonyl (C=O) groups is 1. The first-order chi connectivity index (χ1) is 40.5. The lowest BCUT2D eigenvalue weighted by Crippen LogP contribution is -2.46. The Labute approximate surface area is 514 Å². The minimum atomic E-state index is -4.59. The monoisotopic (exact) mass is 1180 g/mol. The Morgan fingerprint density at radius 3 is 1.07 bits per heavy atom. The summed E-state index contributed by atoms with van der Waals surface area (Å²) in [6, 6.07) is -0.821. The average molecular weight is 1180 g/mol. The number of rotatable bonds is 63. The van der Waals surface area contributed by atoms with Crippen LogP contribution in [0.3, 0.4) is 0 Å². The molecule has 8 nitrogen and oxygen atoms in total. The van der Waals surface area contributed by atoms with Crippen molar-refractivity contribution in [2.45, 2.75) is 315 Å². The van der Waals surface area contributed by atoms with Crippen LogP contribution in [0.1, 0.15) is 303 Å². The highest BCUT2D eigenvalue weighted by molar-refractivity contribution is 7.45. The fourth-order valence-corrected chi connectivity index (χ4v) is 10.6. The Morgan fingerprint density at radius 2 is 0.735 bits per heavy atom. The Bertz CT molecular complexity index is 1720. The van der Waals surface area contributed by atoms with Gasteiger partial charge in [-0.3, -0.25) is 9.36 Å². The molecule has 0 aromatic carbocycles. The Hall–Kier alpha value is -2.84. The summed E-state index contributed by atoms with van der Waals surface area (Å²) >= 11 is 0. The molecule has 0 rings (SSSR count). The largest absolute Gasteiger partial charge is 0.756 e. The molecule has 0 saturated carbocycles. The van der Waals surface area contributed by atoms with Crippen LogP contribution in [0.4, 0.5) is 0 Å². The number of amides is 1. The first-order valence-electron chi connectivity index (χ1n) is 34.7. The van der Waals surface area contributed by atoms with Gasteiger partial charge in [0.25, 0.3) is 7.82 Å². The highest BCUT2D eigenvalue weighted by Crippen LogP contribution is 2.38. The van der Waals surface area contributed by atoms with Gasteiger partial charge in [0.05, 0.1) is 39.9 Å². The molecule has 2 N–H and O–H groups in total. The van der Waals surface area contributed by atoms with Crippen LogP contribution in [0.15, 0.2) is 109 Å². The van der Waals surface area contributed by atoms with Crippen molar-refractivity contribution in [2.24, 2.45) is 0 Å². The van der Waals surface area contributed by atoms with E-state index in [-0.39, 0.29) is 19.1 Å². The van der Waals surface area contributed by atoms with E-state index >= 15 is 0 Å². The van der Waals surface area contributed by atoms with Crippen LogP contribution in [0, 0.1) is 0 Å². The normalized spacial score (nSPS) is 14.3. The quantitative estimate of drug-likeness (QED) is 0.0272. The van der Waals surface area contributed by atoms with E-state index in [1.54, 1.807) is 0 Å². The van der Waals surface area contributed by atoms with Gasteiger partial charge in [0.1, 0.15) is 13.2 Å². The predicted molar refractivity (Wildman–Crippen MR) is 362 cm³/mol. The van der Waals surface area contributed by atoms with Crippen LogP contribution in [-0.2, 0) is 18.4 Å². The zero-order valence-corrected chi connectivity index (χ0v) is 55.8. The van der Waals surface area contributed by atoms with Gasteiger partial charge in [-0.15, -0.1) is 0 Å². The molecular weight excluding hydrogens is 1040 g/mol. The minimum absolute atomic E-state index is 0.00284. The number of aliphatic hydroxyl groups is 1. The molecular formula is C74H133N2O6P. The SMILES string of the molecule is CC/C=C\C/C=C\C/C=C\C/C=C\C/C=C\C/C=C\C/C=C\C/C=C\C/C=C\CCCCCCCC(=O)NC(COP(=O)([O-])OCC[N+](C)(C)C)C(O)CCCCCCCCCCCCCCCCCCCCCCCCCCCCCC. The molecule has 1 amide bonds. The number of nitrogens with one attached hydrogen (secondary N) is 1. The van der Waals surface area contributed by atoms with E-state index in [0.29, 0.717) is 23.9 Å². The molecule has 0 fully saturated rings. The number of nitrogens with zero attached hydrogens (tertiary/aromatic N) is 1. The number of allylic oxidation sites excluding steroid dienone is 18. The molecule has 0 aromatic heterocycles. The third kappa shape index (κ3) is 66.5. The number of phosphoric ester groups is 1. The number of quaternary nitrogens is 1. The van der Waals surface area contributed by atoms with Crippen LogP contribution in [0.2, 0.25) is 0 Å². The first-order valence-corrected chi connectivity index (χ1v) is 36.2. The van der Waals surface area contributed by atoms with Crippen molar-refractivity contribution in [3.63, 3.8) is 0 Å². The van der Waals surface area contributed by atoms with Crippen molar-refractivity contribution in [1.82, 2.24) is 5.32 Å². The van der Waals surface area contributed by atoms with E-state index < -0.39 is 20.0 Å². The smallest absolute Gasteiger partial charge is 0.268 e. The molecule has 83 heavy (non-hydrogen) atoms. The fraction of sp³-hybridized carbons (Fsp3) is 0.743. The highest BCUT2D eigenvalue weighted by Gasteiger charge is 2.24. The van der Waals surface area contributed by atoms with E-state index in [2.05, 4.69) is 129 Å². The van der Waals surface area contributed by atoms with Crippen LogP contribution in [-0.4, -0.2) is 68.5 Å². The summed E-state index contributed by atoms with van der Waals surface area (Å²) in [5, 5.41) is 14.1. The molecule has 480 valence electrons. The maximum atomic E-state index is 13.1. The molecule has 0 aliphatic rings. The van der Waals surface area contributed by atoms with Gasteiger partial charge in [0, 0.05) is 6.42 Å². The second-order valence-electron chi connectivity index (χ2n) is 24.5. The standard InChI is InChI=1S/C74H133N2O6P/c1-6-8-10-12-14-16-18-20-22-24-26-28-30-32-34-36-37-38-39-40-42-44-46-48-50-52-54-56-58-60-62-64-66-68-74(78)75-72(71-82-83(79,80)81-70-69-76(3,4)5)73(77)67-65-63-61-59-57-55-53-51-49-47-45-43-41-35-33-31-29-27-25-23-21-19-17-15-13-11-9-7-2/h8,10,14,16,20,22,26,28,32,34,37-38,40,42,46,48,52,54,72-73,77H,6-7,9,11-13,15,17-19,21,23-25,27,29-31,33,35-36,39,41,43-45,47,49-51,53,55-71H2,1-5H3,(H-,75,78,79,80)/b10-8-,16-14-,22-20-,28-26-,34-32-,38-37-,42-40-,48-46-,54-52-. The summed E-state index contributed by atoms with van der Waals surface area (Å²) in [6.07, 6.45) is 93.0. The number of likely N-dealkylation sites (N-methyl/N-ethyl adjacent to an activating group) is 1. The van der Waals surface area contributed by atoms with Crippen molar-refractivity contribution in [3.05, 3.63) is 109 Å². The number of carbonyl (C=O) groups excluding carboxylic acids is 1. The summed E-state index contributed by atoms with van der Waals surface area (Å²) < 4.78 is 23.5. The van der Waals surface area contributed by atoms with Gasteiger partial charge >= 0.3 is 0 Å². The van der Waals surface area contributed by atoms with Crippen molar-refractivity contribution in [1.29, 1.82) is 0 Å².